The molecule has 0 radical (unpaired) electrons. The van der Waals surface area contributed by atoms with Gasteiger partial charge in [-0.15, -0.1) is 11.3 Å². The summed E-state index contributed by atoms with van der Waals surface area (Å²) in [6.07, 6.45) is 0. The van der Waals surface area contributed by atoms with Gasteiger partial charge < -0.3 is 0 Å². The molecule has 1 atom stereocenters. The van der Waals surface area contributed by atoms with Gasteiger partial charge in [0.2, 0.25) is 0 Å². The highest BCUT2D eigenvalue weighted by Gasteiger charge is 2.18. The molecule has 3 N–H and O–H groups in total. The van der Waals surface area contributed by atoms with Crippen LogP contribution in [-0.2, 0) is 0 Å². The quantitative estimate of drug-likeness (QED) is 0.663. The second-order valence-electron chi connectivity index (χ2n) is 3.77. The predicted molar refractivity (Wildman–Crippen MR) is 69.6 cm³/mol. The maximum Gasteiger partial charge on any atom is 0.128 e. The van der Waals surface area contributed by atoms with E-state index in [1.165, 1.54) is 17.4 Å². The maximum atomic E-state index is 13.9. The minimum atomic E-state index is -0.368. The van der Waals surface area contributed by atoms with Crippen molar-refractivity contribution in [1.82, 2.24) is 5.43 Å². The Hall–Kier alpha value is -0.940. The molecule has 0 bridgehead atoms. The molecule has 0 aliphatic heterocycles. The summed E-state index contributed by atoms with van der Waals surface area (Å²) in [5, 5.41) is 0. The summed E-state index contributed by atoms with van der Waals surface area (Å²) in [7, 11) is 0. The van der Waals surface area contributed by atoms with Crippen LogP contribution in [0, 0.1) is 12.7 Å². The van der Waals surface area contributed by atoms with E-state index < -0.39 is 0 Å². The molecule has 1 aromatic carbocycles. The van der Waals surface area contributed by atoms with Gasteiger partial charge in [-0.25, -0.2) is 9.82 Å². The number of hydrogen-bond donors (Lipinski definition) is 2. The predicted octanol–water partition coefficient (Wildman–Crippen LogP) is 3.40. The molecule has 0 fully saturated rings. The number of hydrogen-bond acceptors (Lipinski definition) is 3. The minimum Gasteiger partial charge on any atom is -0.271 e. The first-order valence-corrected chi connectivity index (χ1v) is 6.28. The van der Waals surface area contributed by atoms with E-state index in [9.17, 15) is 4.39 Å². The Balaban J connectivity index is 2.42. The van der Waals surface area contributed by atoms with Crippen LogP contribution >= 0.6 is 22.9 Å². The molecule has 2 aromatic rings. The lowest BCUT2D eigenvalue weighted by molar-refractivity contribution is 0.563. The molecule has 0 amide bonds. The third-order valence-electron chi connectivity index (χ3n) is 2.51. The van der Waals surface area contributed by atoms with Crippen LogP contribution in [0.2, 0.25) is 4.34 Å². The second kappa shape index (κ2) is 5.14. The number of nitrogens with one attached hydrogen (secondary N) is 1. The minimum absolute atomic E-state index is 0.266. The van der Waals surface area contributed by atoms with Crippen molar-refractivity contribution in [3.63, 3.8) is 0 Å². The fraction of sp³-hybridized carbons (Fsp3) is 0.167. The van der Waals surface area contributed by atoms with Gasteiger partial charge in [0, 0.05) is 10.4 Å². The molecule has 2 nitrogen and oxygen atoms in total. The van der Waals surface area contributed by atoms with Gasteiger partial charge in [0.05, 0.1) is 10.4 Å². The van der Waals surface area contributed by atoms with Crippen LogP contribution in [0.25, 0.3) is 0 Å². The normalized spacial score (nSPS) is 12.7. The summed E-state index contributed by atoms with van der Waals surface area (Å²) in [6.45, 7) is 1.85. The molecule has 90 valence electrons. The fourth-order valence-corrected chi connectivity index (χ4v) is 2.82. The van der Waals surface area contributed by atoms with Crippen LogP contribution in [0.1, 0.15) is 22.0 Å². The highest BCUT2D eigenvalue weighted by molar-refractivity contribution is 7.16. The first kappa shape index (κ1) is 12.5. The largest absolute Gasteiger partial charge is 0.271 e. The van der Waals surface area contributed by atoms with E-state index in [1.54, 1.807) is 12.1 Å². The number of thiophene rings is 1. The number of rotatable bonds is 3. The van der Waals surface area contributed by atoms with Crippen molar-refractivity contribution >= 4 is 22.9 Å². The standard InChI is InChI=1S/C12H12ClFN2S/c1-7-2-3-8(9(14)6-7)12(16-15)10-4-5-11(13)17-10/h2-6,12,16H,15H2,1H3. The van der Waals surface area contributed by atoms with Crippen LogP contribution in [0.3, 0.4) is 0 Å². The highest BCUT2D eigenvalue weighted by Crippen LogP contribution is 2.31. The van der Waals surface area contributed by atoms with E-state index in [2.05, 4.69) is 5.43 Å². The van der Waals surface area contributed by atoms with Gasteiger partial charge in [0.15, 0.2) is 0 Å². The van der Waals surface area contributed by atoms with Crippen LogP contribution in [-0.4, -0.2) is 0 Å². The summed E-state index contributed by atoms with van der Waals surface area (Å²) >= 11 is 7.25. The van der Waals surface area contributed by atoms with Crippen molar-refractivity contribution in [1.29, 1.82) is 0 Å². The van der Waals surface area contributed by atoms with E-state index in [0.29, 0.717) is 9.90 Å². The van der Waals surface area contributed by atoms with Crippen molar-refractivity contribution < 1.29 is 4.39 Å². The van der Waals surface area contributed by atoms with Crippen LogP contribution in [0.15, 0.2) is 30.3 Å². The molecule has 0 saturated heterocycles. The molecule has 0 aliphatic carbocycles. The molecule has 0 aliphatic rings. The van der Waals surface area contributed by atoms with Gasteiger partial charge in [-0.1, -0.05) is 23.7 Å². The number of halogens is 2. The summed E-state index contributed by atoms with van der Waals surface area (Å²) in [5.41, 5.74) is 4.03. The summed E-state index contributed by atoms with van der Waals surface area (Å²) in [4.78, 5) is 0.889. The van der Waals surface area contributed by atoms with Gasteiger partial charge in [0.1, 0.15) is 5.82 Å². The van der Waals surface area contributed by atoms with E-state index in [-0.39, 0.29) is 11.9 Å². The third-order valence-corrected chi connectivity index (χ3v) is 3.81. The molecule has 1 heterocycles. The van der Waals surface area contributed by atoms with E-state index in [0.717, 1.165) is 10.4 Å². The zero-order valence-corrected chi connectivity index (χ0v) is 10.8. The Morgan fingerprint density at radius 3 is 2.65 bits per heavy atom. The summed E-state index contributed by atoms with van der Waals surface area (Å²) in [5.74, 6) is 5.23. The molecular formula is C12H12ClFN2S. The average Bonchev–Trinajstić information content (AvgIpc) is 2.69. The van der Waals surface area contributed by atoms with Crippen LogP contribution in [0.5, 0.6) is 0 Å². The van der Waals surface area contributed by atoms with Crippen molar-refractivity contribution in [2.24, 2.45) is 5.84 Å². The molecule has 17 heavy (non-hydrogen) atoms. The lowest BCUT2D eigenvalue weighted by Gasteiger charge is -2.15. The summed E-state index contributed by atoms with van der Waals surface area (Å²) in [6, 6.07) is 8.35. The van der Waals surface area contributed by atoms with Gasteiger partial charge >= 0.3 is 0 Å². The fourth-order valence-electron chi connectivity index (χ4n) is 1.67. The highest BCUT2D eigenvalue weighted by atomic mass is 35.5. The lowest BCUT2D eigenvalue weighted by atomic mass is 10.0. The Labute approximate surface area is 108 Å². The third kappa shape index (κ3) is 2.66. The Morgan fingerprint density at radius 1 is 1.35 bits per heavy atom. The molecule has 2 rings (SSSR count). The lowest BCUT2D eigenvalue weighted by Crippen LogP contribution is -2.28. The van der Waals surface area contributed by atoms with E-state index >= 15 is 0 Å². The second-order valence-corrected chi connectivity index (χ2v) is 5.51. The molecular weight excluding hydrogens is 259 g/mol. The summed E-state index contributed by atoms with van der Waals surface area (Å²) < 4.78 is 14.5. The van der Waals surface area contributed by atoms with Crippen molar-refractivity contribution in [2.45, 2.75) is 13.0 Å². The number of benzene rings is 1. The van der Waals surface area contributed by atoms with E-state index in [1.807, 2.05) is 19.1 Å². The topological polar surface area (TPSA) is 38.0 Å². The number of hydrazine groups is 1. The van der Waals surface area contributed by atoms with Gasteiger partial charge in [-0.3, -0.25) is 5.84 Å². The molecule has 1 aromatic heterocycles. The van der Waals surface area contributed by atoms with Gasteiger partial charge in [-0.2, -0.15) is 0 Å². The zero-order valence-electron chi connectivity index (χ0n) is 9.21. The van der Waals surface area contributed by atoms with Gasteiger partial charge in [-0.05, 0) is 30.7 Å². The molecule has 5 heteroatoms. The molecule has 0 spiro atoms. The Kier molecular flexibility index (Phi) is 3.79. The van der Waals surface area contributed by atoms with Crippen molar-refractivity contribution in [3.05, 3.63) is 56.5 Å². The first-order chi connectivity index (χ1) is 8.11. The molecule has 1 unspecified atom stereocenters. The Morgan fingerprint density at radius 2 is 2.12 bits per heavy atom. The number of nitrogens with two attached hydrogens (primary N) is 1. The van der Waals surface area contributed by atoms with Crippen molar-refractivity contribution in [3.8, 4) is 0 Å². The average molecular weight is 271 g/mol. The first-order valence-electron chi connectivity index (χ1n) is 5.09. The zero-order chi connectivity index (χ0) is 12.4. The molecule has 0 saturated carbocycles. The smallest absolute Gasteiger partial charge is 0.128 e. The maximum absolute atomic E-state index is 13.9. The monoisotopic (exact) mass is 270 g/mol. The van der Waals surface area contributed by atoms with Crippen LogP contribution < -0.4 is 11.3 Å². The van der Waals surface area contributed by atoms with E-state index in [4.69, 9.17) is 17.4 Å². The van der Waals surface area contributed by atoms with Crippen molar-refractivity contribution in [2.75, 3.05) is 0 Å². The van der Waals surface area contributed by atoms with Gasteiger partial charge in [0.25, 0.3) is 0 Å². The van der Waals surface area contributed by atoms with Crippen LogP contribution in [0.4, 0.5) is 4.39 Å². The number of aryl methyl sites for hydroxylation is 1. The Bertz CT molecular complexity index is 527. The SMILES string of the molecule is Cc1ccc(C(NN)c2ccc(Cl)s2)c(F)c1.